The Morgan fingerprint density at radius 1 is 1.30 bits per heavy atom. The second-order valence-corrected chi connectivity index (χ2v) is 6.26. The van der Waals surface area contributed by atoms with Crippen molar-refractivity contribution in [2.75, 3.05) is 13.2 Å². The molecular formula is C17H23FN2O3. The number of halogens is 1. The smallest absolute Gasteiger partial charge is 0.251 e. The lowest BCUT2D eigenvalue weighted by atomic mass is 9.96. The number of benzene rings is 1. The topological polar surface area (TPSA) is 78.4 Å². The van der Waals surface area contributed by atoms with Gasteiger partial charge in [0.25, 0.3) is 5.91 Å². The highest BCUT2D eigenvalue weighted by atomic mass is 19.1. The highest BCUT2D eigenvalue weighted by Gasteiger charge is 2.41. The van der Waals surface area contributed by atoms with Crippen LogP contribution in [0.3, 0.4) is 0 Å². The molecule has 0 radical (unpaired) electrons. The number of hydrogen-bond acceptors (Lipinski definition) is 3. The van der Waals surface area contributed by atoms with Crippen LogP contribution in [-0.4, -0.2) is 35.6 Å². The first-order chi connectivity index (χ1) is 10.9. The summed E-state index contributed by atoms with van der Waals surface area (Å²) in [5.74, 6) is -0.441. The highest BCUT2D eigenvalue weighted by molar-refractivity contribution is 5.94. The van der Waals surface area contributed by atoms with Crippen molar-refractivity contribution < 1.29 is 19.1 Å². The van der Waals surface area contributed by atoms with Crippen molar-refractivity contribution in [3.63, 3.8) is 0 Å². The zero-order valence-corrected chi connectivity index (χ0v) is 13.3. The zero-order chi connectivity index (χ0) is 16.9. The number of amides is 2. The van der Waals surface area contributed by atoms with E-state index in [-0.39, 0.29) is 30.7 Å². The van der Waals surface area contributed by atoms with Crippen LogP contribution in [0.1, 0.15) is 43.0 Å². The first-order valence-corrected chi connectivity index (χ1v) is 7.90. The van der Waals surface area contributed by atoms with Crippen LogP contribution in [-0.2, 0) is 4.79 Å². The second-order valence-electron chi connectivity index (χ2n) is 6.26. The Hall–Kier alpha value is -1.95. The maximum absolute atomic E-state index is 12.8. The van der Waals surface area contributed by atoms with Crippen LogP contribution in [0.25, 0.3) is 0 Å². The van der Waals surface area contributed by atoms with Gasteiger partial charge in [-0.15, -0.1) is 0 Å². The lowest BCUT2D eigenvalue weighted by Gasteiger charge is -2.28. The predicted octanol–water partition coefficient (Wildman–Crippen LogP) is 1.61. The molecule has 1 aromatic carbocycles. The van der Waals surface area contributed by atoms with Crippen molar-refractivity contribution >= 4 is 11.8 Å². The van der Waals surface area contributed by atoms with E-state index in [0.717, 1.165) is 12.8 Å². The summed E-state index contributed by atoms with van der Waals surface area (Å²) in [5, 5.41) is 15.0. The van der Waals surface area contributed by atoms with E-state index in [2.05, 4.69) is 10.6 Å². The maximum atomic E-state index is 12.8. The van der Waals surface area contributed by atoms with Crippen LogP contribution in [0.2, 0.25) is 0 Å². The Kier molecular flexibility index (Phi) is 5.71. The molecule has 0 spiro atoms. The van der Waals surface area contributed by atoms with Crippen molar-refractivity contribution in [3.05, 3.63) is 35.6 Å². The van der Waals surface area contributed by atoms with E-state index >= 15 is 0 Å². The number of hydrogen-bond donors (Lipinski definition) is 3. The number of nitrogens with one attached hydrogen (secondary N) is 2. The van der Waals surface area contributed by atoms with Gasteiger partial charge in [-0.3, -0.25) is 9.59 Å². The van der Waals surface area contributed by atoms with Gasteiger partial charge < -0.3 is 15.7 Å². The molecule has 1 atom stereocenters. The fourth-order valence-corrected chi connectivity index (χ4v) is 2.53. The summed E-state index contributed by atoms with van der Waals surface area (Å²) in [4.78, 5) is 23.7. The van der Waals surface area contributed by atoms with E-state index in [0.29, 0.717) is 24.4 Å². The van der Waals surface area contributed by atoms with Gasteiger partial charge in [0.2, 0.25) is 5.91 Å². The maximum Gasteiger partial charge on any atom is 0.251 e. The third-order valence-corrected chi connectivity index (χ3v) is 4.20. The van der Waals surface area contributed by atoms with Gasteiger partial charge in [-0.25, -0.2) is 4.39 Å². The first kappa shape index (κ1) is 17.4. The van der Waals surface area contributed by atoms with E-state index in [4.69, 9.17) is 0 Å². The molecule has 1 saturated carbocycles. The standard InChI is InChI=1S/C17H23FN2O3/c1-17(11-21,13-6-7-13)20-15(22)3-2-10-19-16(23)12-4-8-14(18)9-5-12/h4-5,8-9,13,21H,2-3,6-7,10-11H2,1H3,(H,19,23)(H,20,22). The highest BCUT2D eigenvalue weighted by Crippen LogP contribution is 2.39. The van der Waals surface area contributed by atoms with Gasteiger partial charge in [0, 0.05) is 18.5 Å². The molecule has 2 amide bonds. The number of aliphatic hydroxyl groups is 1. The number of carbonyl (C=O) groups is 2. The number of aliphatic hydroxyl groups excluding tert-OH is 1. The van der Waals surface area contributed by atoms with Crippen molar-refractivity contribution in [3.8, 4) is 0 Å². The fourth-order valence-electron chi connectivity index (χ4n) is 2.53. The van der Waals surface area contributed by atoms with Crippen molar-refractivity contribution in [1.29, 1.82) is 0 Å². The minimum absolute atomic E-state index is 0.0648. The number of carbonyl (C=O) groups excluding carboxylic acids is 2. The molecule has 23 heavy (non-hydrogen) atoms. The second kappa shape index (κ2) is 7.55. The number of rotatable bonds is 8. The minimum Gasteiger partial charge on any atom is -0.394 e. The summed E-state index contributed by atoms with van der Waals surface area (Å²) < 4.78 is 12.8. The van der Waals surface area contributed by atoms with Gasteiger partial charge in [-0.2, -0.15) is 0 Å². The van der Waals surface area contributed by atoms with E-state index in [1.807, 2.05) is 6.92 Å². The van der Waals surface area contributed by atoms with Crippen molar-refractivity contribution in [2.45, 2.75) is 38.1 Å². The molecule has 0 aliphatic heterocycles. The third-order valence-electron chi connectivity index (χ3n) is 4.20. The SMILES string of the molecule is CC(CO)(NC(=O)CCCNC(=O)c1ccc(F)cc1)C1CC1. The quantitative estimate of drug-likeness (QED) is 0.636. The Bertz CT molecular complexity index is 557. The molecule has 6 heteroatoms. The summed E-state index contributed by atoms with van der Waals surface area (Å²) in [6, 6.07) is 5.30. The van der Waals surface area contributed by atoms with Crippen molar-refractivity contribution in [1.82, 2.24) is 10.6 Å². The molecule has 0 saturated heterocycles. The molecule has 0 aromatic heterocycles. The lowest BCUT2D eigenvalue weighted by Crippen LogP contribution is -2.50. The fraction of sp³-hybridized carbons (Fsp3) is 0.529. The molecule has 1 aliphatic rings. The first-order valence-electron chi connectivity index (χ1n) is 7.90. The Labute approximate surface area is 135 Å². The van der Waals surface area contributed by atoms with E-state index in [1.54, 1.807) is 0 Å². The molecule has 5 nitrogen and oxygen atoms in total. The van der Waals surface area contributed by atoms with Gasteiger partial charge in [0.05, 0.1) is 12.1 Å². The lowest BCUT2D eigenvalue weighted by molar-refractivity contribution is -0.123. The van der Waals surface area contributed by atoms with Crippen LogP contribution in [0.15, 0.2) is 24.3 Å². The summed E-state index contributed by atoms with van der Waals surface area (Å²) in [5.41, 5.74) is -0.147. The molecule has 1 aromatic rings. The summed E-state index contributed by atoms with van der Waals surface area (Å²) >= 11 is 0. The average molecular weight is 322 g/mol. The molecule has 2 rings (SSSR count). The van der Waals surface area contributed by atoms with Crippen LogP contribution in [0.4, 0.5) is 4.39 Å². The van der Waals surface area contributed by atoms with Gasteiger partial charge in [-0.1, -0.05) is 0 Å². The summed E-state index contributed by atoms with van der Waals surface area (Å²) in [6.07, 6.45) is 2.85. The van der Waals surface area contributed by atoms with E-state index < -0.39 is 5.54 Å². The summed E-state index contributed by atoms with van der Waals surface area (Å²) in [7, 11) is 0. The molecule has 0 heterocycles. The third kappa shape index (κ3) is 5.03. The van der Waals surface area contributed by atoms with Crippen LogP contribution >= 0.6 is 0 Å². The molecule has 1 unspecified atom stereocenters. The molecule has 1 fully saturated rings. The van der Waals surface area contributed by atoms with Gasteiger partial charge in [0.1, 0.15) is 5.82 Å². The predicted molar refractivity (Wildman–Crippen MR) is 84.3 cm³/mol. The van der Waals surface area contributed by atoms with Gasteiger partial charge in [0.15, 0.2) is 0 Å². The summed E-state index contributed by atoms with van der Waals surface area (Å²) in [6.45, 7) is 2.16. The molecule has 0 bridgehead atoms. The normalized spacial score (nSPS) is 16.5. The van der Waals surface area contributed by atoms with Crippen LogP contribution in [0.5, 0.6) is 0 Å². The monoisotopic (exact) mass is 322 g/mol. The Morgan fingerprint density at radius 3 is 2.52 bits per heavy atom. The molecule has 1 aliphatic carbocycles. The molecular weight excluding hydrogens is 299 g/mol. The van der Waals surface area contributed by atoms with Gasteiger partial charge >= 0.3 is 0 Å². The largest absolute Gasteiger partial charge is 0.394 e. The Balaban J connectivity index is 1.67. The minimum atomic E-state index is -0.533. The van der Waals surface area contributed by atoms with Gasteiger partial charge in [-0.05, 0) is 56.4 Å². The van der Waals surface area contributed by atoms with Crippen LogP contribution < -0.4 is 10.6 Å². The van der Waals surface area contributed by atoms with E-state index in [1.165, 1.54) is 24.3 Å². The molecule has 126 valence electrons. The van der Waals surface area contributed by atoms with Crippen LogP contribution in [0, 0.1) is 11.7 Å². The molecule has 3 N–H and O–H groups in total. The van der Waals surface area contributed by atoms with E-state index in [9.17, 15) is 19.1 Å². The Morgan fingerprint density at radius 2 is 1.96 bits per heavy atom. The van der Waals surface area contributed by atoms with Crippen molar-refractivity contribution in [2.24, 2.45) is 5.92 Å². The average Bonchev–Trinajstić information content (AvgIpc) is 3.37. The zero-order valence-electron chi connectivity index (χ0n) is 13.3.